The van der Waals surface area contributed by atoms with E-state index in [0.29, 0.717) is 0 Å². The third kappa shape index (κ3) is 7.06. The molecule has 0 unspecified atom stereocenters. The second kappa shape index (κ2) is 14.3. The first-order valence-electron chi connectivity index (χ1n) is 13.1. The zero-order chi connectivity index (χ0) is 29.9. The molecule has 1 amide bonds. The fourth-order valence-corrected chi connectivity index (χ4v) is 5.07. The number of nitrogens with two attached hydrogens (primary N) is 4. The molecule has 0 aromatic heterocycles. The van der Waals surface area contributed by atoms with Crippen LogP contribution in [0.4, 0.5) is 0 Å². The average Bonchev–Trinajstić information content (AvgIpc) is 2.92. The van der Waals surface area contributed by atoms with Crippen LogP contribution in [0.25, 0.3) is 0 Å². The molecule has 3 fully saturated rings. The molecule has 0 radical (unpaired) electrons. The van der Waals surface area contributed by atoms with Crippen LogP contribution in [0, 0.1) is 0 Å². The molecule has 2 saturated heterocycles. The molecule has 0 aromatic carbocycles. The Balaban J connectivity index is 1.85. The third-order valence-electron chi connectivity index (χ3n) is 7.51. The summed E-state index contributed by atoms with van der Waals surface area (Å²) in [5.74, 6) is -0.845. The van der Waals surface area contributed by atoms with Gasteiger partial charge in [-0.2, -0.15) is 0 Å². The quantitative estimate of drug-likeness (QED) is 0.113. The molecular weight excluding hydrogens is 542 g/mol. The van der Waals surface area contributed by atoms with E-state index >= 15 is 0 Å². The van der Waals surface area contributed by atoms with E-state index in [1.54, 1.807) is 0 Å². The Morgan fingerprint density at radius 3 is 2.05 bits per heavy atom. The van der Waals surface area contributed by atoms with Crippen molar-refractivity contribution >= 4 is 5.91 Å². The molecule has 18 heteroatoms. The molecule has 0 spiro atoms. The van der Waals surface area contributed by atoms with Gasteiger partial charge in [0, 0.05) is 12.6 Å². The number of aliphatic hydroxyl groups is 8. The zero-order valence-electron chi connectivity index (χ0n) is 21.7. The van der Waals surface area contributed by atoms with E-state index in [1.165, 1.54) is 0 Å². The minimum atomic E-state index is -1.76. The molecule has 2 heterocycles. The van der Waals surface area contributed by atoms with Gasteiger partial charge in [0.05, 0.1) is 18.7 Å². The predicted molar refractivity (Wildman–Crippen MR) is 131 cm³/mol. The van der Waals surface area contributed by atoms with Crippen molar-refractivity contribution in [2.45, 2.75) is 111 Å². The van der Waals surface area contributed by atoms with Crippen molar-refractivity contribution < 1.29 is 64.6 Å². The van der Waals surface area contributed by atoms with Crippen LogP contribution in [0.3, 0.4) is 0 Å². The molecule has 3 rings (SSSR count). The van der Waals surface area contributed by atoms with E-state index < -0.39 is 110 Å². The van der Waals surface area contributed by atoms with Crippen LogP contribution in [0.1, 0.15) is 12.8 Å². The minimum absolute atomic E-state index is 0.0101. The summed E-state index contributed by atoms with van der Waals surface area (Å²) in [4.78, 5) is 12.6. The van der Waals surface area contributed by atoms with E-state index in [1.807, 2.05) is 0 Å². The van der Waals surface area contributed by atoms with Gasteiger partial charge in [-0.05, 0) is 19.4 Å². The summed E-state index contributed by atoms with van der Waals surface area (Å²) in [5, 5.41) is 84.9. The number of nitrogens with one attached hydrogen (secondary N) is 1. The summed E-state index contributed by atoms with van der Waals surface area (Å²) in [6.07, 6.45) is -19.8. The SMILES string of the molecule is NCC[C@@H](O)C(=O)N[C@@H]1C[C@H](N)[C@@H](O[C@H]2O[C@H](CN)[C@@H](O)[C@H](O)[C@H]2O)[C@H](O)[C@H]1O[C@H]1O[C@H](CO)[C@@H](O)[C@H](N)[C@H]1O. The number of ether oxygens (including phenoxy) is 4. The molecule has 40 heavy (non-hydrogen) atoms. The molecule has 1 aliphatic carbocycles. The Kier molecular flexibility index (Phi) is 11.9. The number of rotatable bonds is 10. The van der Waals surface area contributed by atoms with Crippen LogP contribution in [-0.2, 0) is 23.7 Å². The average molecular weight is 586 g/mol. The first-order valence-corrected chi connectivity index (χ1v) is 13.1. The lowest BCUT2D eigenvalue weighted by Gasteiger charge is -2.49. The number of carbonyl (C=O) groups excluding carboxylic acids is 1. The van der Waals surface area contributed by atoms with E-state index in [0.717, 1.165) is 0 Å². The van der Waals surface area contributed by atoms with Gasteiger partial charge in [-0.3, -0.25) is 4.79 Å². The predicted octanol–water partition coefficient (Wildman–Crippen LogP) is -8.42. The normalized spacial score (nSPS) is 47.0. The number of aliphatic hydroxyl groups excluding tert-OH is 8. The van der Waals surface area contributed by atoms with Gasteiger partial charge < -0.3 is 88.1 Å². The summed E-state index contributed by atoms with van der Waals surface area (Å²) in [6, 6.07) is -3.45. The summed E-state index contributed by atoms with van der Waals surface area (Å²) < 4.78 is 22.5. The van der Waals surface area contributed by atoms with Crippen LogP contribution in [0.5, 0.6) is 0 Å². The van der Waals surface area contributed by atoms with Crippen LogP contribution in [0.15, 0.2) is 0 Å². The van der Waals surface area contributed by atoms with Gasteiger partial charge >= 0.3 is 0 Å². The summed E-state index contributed by atoms with van der Waals surface area (Å²) in [6.45, 7) is -0.898. The van der Waals surface area contributed by atoms with Gasteiger partial charge in [0.1, 0.15) is 67.1 Å². The molecule has 234 valence electrons. The van der Waals surface area contributed by atoms with Crippen molar-refractivity contribution in [1.82, 2.24) is 5.32 Å². The van der Waals surface area contributed by atoms with Crippen molar-refractivity contribution in [3.8, 4) is 0 Å². The fourth-order valence-electron chi connectivity index (χ4n) is 5.07. The Bertz CT molecular complexity index is 815. The first kappa shape index (κ1) is 33.3. The molecule has 16 atom stereocenters. The highest BCUT2D eigenvalue weighted by Crippen LogP contribution is 2.32. The van der Waals surface area contributed by atoms with Gasteiger partial charge in [0.15, 0.2) is 12.6 Å². The standard InChI is InChI=1S/C22H43N5O13/c23-2-1-8(29)20(36)27-7-3-6(25)18(39-22-16(34)15(33)13(31)9(4-24)37-22)17(35)19(7)40-21-14(32)11(26)12(30)10(5-28)38-21/h6-19,21-22,28-35H,1-5,23-26H2,(H,27,36)/t6-,7+,8+,9+,10+,11-,12+,13+,14+,15-,16+,17-,18+,19-,21+,22+/m0/s1. The third-order valence-corrected chi connectivity index (χ3v) is 7.51. The number of hydrogen-bond acceptors (Lipinski definition) is 17. The highest BCUT2D eigenvalue weighted by atomic mass is 16.7. The molecule has 1 saturated carbocycles. The second-order valence-electron chi connectivity index (χ2n) is 10.3. The molecule has 18 nitrogen and oxygen atoms in total. The van der Waals surface area contributed by atoms with E-state index in [-0.39, 0.29) is 25.9 Å². The first-order chi connectivity index (χ1) is 18.9. The van der Waals surface area contributed by atoms with Crippen molar-refractivity contribution in [3.63, 3.8) is 0 Å². The molecule has 2 aliphatic heterocycles. The van der Waals surface area contributed by atoms with Gasteiger partial charge in [0.25, 0.3) is 0 Å². The number of amides is 1. The largest absolute Gasteiger partial charge is 0.394 e. The lowest BCUT2D eigenvalue weighted by Crippen LogP contribution is -2.69. The lowest BCUT2D eigenvalue weighted by atomic mass is 9.83. The smallest absolute Gasteiger partial charge is 0.249 e. The van der Waals surface area contributed by atoms with E-state index in [2.05, 4.69) is 5.32 Å². The topological polar surface area (TPSA) is 332 Å². The maximum Gasteiger partial charge on any atom is 0.249 e. The maximum absolute atomic E-state index is 12.6. The summed E-state index contributed by atoms with van der Waals surface area (Å²) in [5.41, 5.74) is 23.1. The Morgan fingerprint density at radius 2 is 1.45 bits per heavy atom. The van der Waals surface area contributed by atoms with Crippen LogP contribution in [-0.4, -0.2) is 164 Å². The van der Waals surface area contributed by atoms with Crippen LogP contribution >= 0.6 is 0 Å². The van der Waals surface area contributed by atoms with Crippen molar-refractivity contribution in [3.05, 3.63) is 0 Å². The zero-order valence-corrected chi connectivity index (χ0v) is 21.7. The van der Waals surface area contributed by atoms with Crippen molar-refractivity contribution in [1.29, 1.82) is 0 Å². The Morgan fingerprint density at radius 1 is 0.850 bits per heavy atom. The van der Waals surface area contributed by atoms with Gasteiger partial charge in [-0.15, -0.1) is 0 Å². The summed E-state index contributed by atoms with van der Waals surface area (Å²) >= 11 is 0. The lowest BCUT2D eigenvalue weighted by molar-refractivity contribution is -0.332. The van der Waals surface area contributed by atoms with Gasteiger partial charge in [-0.1, -0.05) is 0 Å². The van der Waals surface area contributed by atoms with Gasteiger partial charge in [-0.25, -0.2) is 0 Å². The van der Waals surface area contributed by atoms with E-state index in [9.17, 15) is 45.6 Å². The number of carbonyl (C=O) groups is 1. The van der Waals surface area contributed by atoms with Crippen molar-refractivity contribution in [2.24, 2.45) is 22.9 Å². The Labute approximate surface area is 229 Å². The molecule has 3 aliphatic rings. The second-order valence-corrected chi connectivity index (χ2v) is 10.3. The molecule has 0 aromatic rings. The highest BCUT2D eigenvalue weighted by Gasteiger charge is 2.52. The van der Waals surface area contributed by atoms with Gasteiger partial charge in [0.2, 0.25) is 5.91 Å². The summed E-state index contributed by atoms with van der Waals surface area (Å²) in [7, 11) is 0. The maximum atomic E-state index is 12.6. The molecular formula is C22H43N5O13. The van der Waals surface area contributed by atoms with E-state index in [4.69, 9.17) is 41.9 Å². The van der Waals surface area contributed by atoms with Crippen LogP contribution < -0.4 is 28.3 Å². The fraction of sp³-hybridized carbons (Fsp3) is 0.955. The minimum Gasteiger partial charge on any atom is -0.394 e. The highest BCUT2D eigenvalue weighted by molar-refractivity contribution is 5.80. The number of hydrogen-bond donors (Lipinski definition) is 13. The Hall–Kier alpha value is -1.17. The molecule has 0 bridgehead atoms. The molecule has 17 N–H and O–H groups in total. The van der Waals surface area contributed by atoms with Crippen LogP contribution in [0.2, 0.25) is 0 Å². The monoisotopic (exact) mass is 585 g/mol. The van der Waals surface area contributed by atoms with Crippen molar-refractivity contribution in [2.75, 3.05) is 19.7 Å².